The minimum atomic E-state index is 0.547. The van der Waals surface area contributed by atoms with Gasteiger partial charge in [-0.25, -0.2) is 4.63 Å². The van der Waals surface area contributed by atoms with Crippen molar-refractivity contribution in [2.45, 2.75) is 29.1 Å². The van der Waals surface area contributed by atoms with Gasteiger partial charge in [0.1, 0.15) is 11.4 Å². The molecule has 26 heavy (non-hydrogen) atoms. The van der Waals surface area contributed by atoms with Gasteiger partial charge in [0.15, 0.2) is 11.0 Å². The van der Waals surface area contributed by atoms with Crippen molar-refractivity contribution >= 4 is 28.5 Å². The van der Waals surface area contributed by atoms with Crippen LogP contribution >= 0.6 is 11.8 Å². The molecular formula is C18H20N4O3S. The van der Waals surface area contributed by atoms with Gasteiger partial charge in [0.2, 0.25) is 0 Å². The number of hydrogen-bond donors (Lipinski definition) is 1. The molecule has 0 saturated carbocycles. The first-order valence-corrected chi connectivity index (χ1v) is 9.39. The van der Waals surface area contributed by atoms with Crippen LogP contribution < -0.4 is 9.91 Å². The van der Waals surface area contributed by atoms with Crippen LogP contribution in [0.3, 0.4) is 0 Å². The fourth-order valence-electron chi connectivity index (χ4n) is 3.09. The number of aromatic nitrogens is 2. The highest BCUT2D eigenvalue weighted by molar-refractivity contribution is 7.99. The van der Waals surface area contributed by atoms with E-state index >= 15 is 0 Å². The van der Waals surface area contributed by atoms with Crippen molar-refractivity contribution in [3.8, 4) is 5.75 Å². The van der Waals surface area contributed by atoms with Crippen LogP contribution in [0, 0.1) is 0 Å². The van der Waals surface area contributed by atoms with Crippen LogP contribution in [0.5, 0.6) is 5.75 Å². The number of rotatable bonds is 5. The Hall–Kier alpha value is -2.29. The zero-order valence-corrected chi connectivity index (χ0v) is 15.3. The van der Waals surface area contributed by atoms with E-state index in [0.717, 1.165) is 41.5 Å². The number of fused-ring (bicyclic) bond motifs is 1. The molecule has 1 saturated heterocycles. The molecule has 8 heteroatoms. The molecule has 1 aromatic heterocycles. The van der Waals surface area contributed by atoms with Gasteiger partial charge in [-0.1, -0.05) is 24.2 Å². The summed E-state index contributed by atoms with van der Waals surface area (Å²) in [4.78, 5) is 1.93. The minimum Gasteiger partial charge on any atom is -0.497 e. The summed E-state index contributed by atoms with van der Waals surface area (Å²) in [6, 6.07) is 11.6. The molecule has 0 amide bonds. The van der Waals surface area contributed by atoms with E-state index in [4.69, 9.17) is 9.37 Å². The topological polar surface area (TPSA) is 74.9 Å². The number of piperidine rings is 1. The number of nitrogens with zero attached hydrogens (tertiary/aromatic N) is 4. The second kappa shape index (κ2) is 7.53. The highest BCUT2D eigenvalue weighted by Gasteiger charge is 2.22. The van der Waals surface area contributed by atoms with E-state index in [9.17, 15) is 5.21 Å². The van der Waals surface area contributed by atoms with Crippen molar-refractivity contribution < 1.29 is 14.6 Å². The third-order valence-electron chi connectivity index (χ3n) is 4.44. The summed E-state index contributed by atoms with van der Waals surface area (Å²) in [5.74, 6) is 0.799. The lowest BCUT2D eigenvalue weighted by Gasteiger charge is -2.33. The normalized spacial score (nSPS) is 15.3. The van der Waals surface area contributed by atoms with Crippen molar-refractivity contribution in [1.82, 2.24) is 15.3 Å². The van der Waals surface area contributed by atoms with Gasteiger partial charge in [0.25, 0.3) is 0 Å². The van der Waals surface area contributed by atoms with E-state index < -0.39 is 0 Å². The summed E-state index contributed by atoms with van der Waals surface area (Å²) in [6.07, 6.45) is 3.34. The van der Waals surface area contributed by atoms with E-state index in [1.165, 1.54) is 11.6 Å². The number of benzene rings is 2. The fourth-order valence-corrected chi connectivity index (χ4v) is 4.03. The van der Waals surface area contributed by atoms with Crippen LogP contribution in [-0.2, 0) is 0 Å². The van der Waals surface area contributed by atoms with Gasteiger partial charge in [-0.05, 0) is 53.5 Å². The number of hydrogen-bond acceptors (Lipinski definition) is 8. The van der Waals surface area contributed by atoms with Gasteiger partial charge in [0, 0.05) is 22.9 Å². The van der Waals surface area contributed by atoms with Crippen LogP contribution in [0.1, 0.15) is 19.3 Å². The maximum atomic E-state index is 10.6. The Labute approximate surface area is 155 Å². The zero-order valence-electron chi connectivity index (χ0n) is 14.5. The second-order valence-corrected chi connectivity index (χ2v) is 7.24. The molecule has 0 radical (unpaired) electrons. The van der Waals surface area contributed by atoms with Gasteiger partial charge >= 0.3 is 0 Å². The largest absolute Gasteiger partial charge is 0.497 e. The molecule has 4 rings (SSSR count). The standard InChI is InChI=1S/C18H20N4O3S/c1-24-13-6-5-7-14(12-13)26-16-9-8-15(17-18(16)20-25-19-17)22(23)21-10-3-2-4-11-21/h5-9,12,23H,2-4,10-11H2,1H3. The molecule has 0 bridgehead atoms. The molecular weight excluding hydrogens is 352 g/mol. The Balaban J connectivity index is 1.65. The third kappa shape index (κ3) is 3.35. The third-order valence-corrected chi connectivity index (χ3v) is 5.48. The first-order chi connectivity index (χ1) is 12.8. The van der Waals surface area contributed by atoms with E-state index in [1.807, 2.05) is 41.4 Å². The Morgan fingerprint density at radius 3 is 2.73 bits per heavy atom. The number of anilines is 1. The predicted octanol–water partition coefficient (Wildman–Crippen LogP) is 3.98. The SMILES string of the molecule is COc1cccc(Sc2ccc(N(O)N3CCCCC3)c3nonc23)c1. The van der Waals surface area contributed by atoms with E-state index in [1.54, 1.807) is 18.9 Å². The van der Waals surface area contributed by atoms with Gasteiger partial charge in [0.05, 0.1) is 7.11 Å². The zero-order chi connectivity index (χ0) is 17.9. The number of hydrazine groups is 1. The van der Waals surface area contributed by atoms with Gasteiger partial charge in [-0.3, -0.25) is 5.21 Å². The molecule has 1 aliphatic rings. The molecule has 136 valence electrons. The van der Waals surface area contributed by atoms with E-state index in [-0.39, 0.29) is 0 Å². The lowest BCUT2D eigenvalue weighted by molar-refractivity contribution is 0.0510. The number of methoxy groups -OCH3 is 1. The molecule has 1 fully saturated rings. The summed E-state index contributed by atoms with van der Waals surface area (Å²) in [6.45, 7) is 1.65. The summed E-state index contributed by atoms with van der Waals surface area (Å²) in [7, 11) is 1.65. The van der Waals surface area contributed by atoms with E-state index in [0.29, 0.717) is 16.7 Å². The molecule has 0 spiro atoms. The smallest absolute Gasteiger partial charge is 0.163 e. The van der Waals surface area contributed by atoms with Crippen LogP contribution in [0.2, 0.25) is 0 Å². The lowest BCUT2D eigenvalue weighted by Crippen LogP contribution is -2.43. The van der Waals surface area contributed by atoms with Crippen molar-refractivity contribution in [2.75, 3.05) is 25.4 Å². The van der Waals surface area contributed by atoms with Crippen molar-refractivity contribution in [1.29, 1.82) is 0 Å². The summed E-state index contributed by atoms with van der Waals surface area (Å²) in [5.41, 5.74) is 1.76. The Morgan fingerprint density at radius 1 is 1.12 bits per heavy atom. The van der Waals surface area contributed by atoms with Crippen molar-refractivity contribution in [3.05, 3.63) is 36.4 Å². The monoisotopic (exact) mass is 372 g/mol. The molecule has 1 N–H and O–H groups in total. The van der Waals surface area contributed by atoms with Crippen molar-refractivity contribution in [2.24, 2.45) is 0 Å². The van der Waals surface area contributed by atoms with Crippen LogP contribution in [0.4, 0.5) is 5.69 Å². The molecule has 0 aliphatic carbocycles. The van der Waals surface area contributed by atoms with Crippen LogP contribution in [0.25, 0.3) is 11.0 Å². The van der Waals surface area contributed by atoms with Crippen LogP contribution in [-0.4, -0.2) is 40.7 Å². The first kappa shape index (κ1) is 17.1. The van der Waals surface area contributed by atoms with Crippen molar-refractivity contribution in [3.63, 3.8) is 0 Å². The minimum absolute atomic E-state index is 0.547. The van der Waals surface area contributed by atoms with Gasteiger partial charge in [-0.15, -0.1) is 0 Å². The van der Waals surface area contributed by atoms with Crippen LogP contribution in [0.15, 0.2) is 50.8 Å². The average Bonchev–Trinajstić information content (AvgIpc) is 3.19. The molecule has 2 heterocycles. The molecule has 3 aromatic rings. The average molecular weight is 372 g/mol. The maximum Gasteiger partial charge on any atom is 0.163 e. The first-order valence-electron chi connectivity index (χ1n) is 8.57. The van der Waals surface area contributed by atoms with E-state index in [2.05, 4.69) is 10.3 Å². The van der Waals surface area contributed by atoms with Gasteiger partial charge < -0.3 is 4.74 Å². The fraction of sp³-hybridized carbons (Fsp3) is 0.333. The van der Waals surface area contributed by atoms with Gasteiger partial charge in [-0.2, -0.15) is 10.2 Å². The quantitative estimate of drug-likeness (QED) is 0.674. The Bertz CT molecular complexity index is 895. The Kier molecular flexibility index (Phi) is 4.96. The molecule has 2 aromatic carbocycles. The summed E-state index contributed by atoms with van der Waals surface area (Å²) >= 11 is 1.55. The highest BCUT2D eigenvalue weighted by atomic mass is 32.2. The molecule has 0 atom stereocenters. The molecule has 1 aliphatic heterocycles. The Morgan fingerprint density at radius 2 is 1.92 bits per heavy atom. The second-order valence-electron chi connectivity index (χ2n) is 6.13. The summed E-state index contributed by atoms with van der Waals surface area (Å²) in [5, 5.41) is 21.8. The molecule has 0 unspecified atom stereocenters. The summed E-state index contributed by atoms with van der Waals surface area (Å²) < 4.78 is 10.2. The maximum absolute atomic E-state index is 10.6. The molecule has 7 nitrogen and oxygen atoms in total. The lowest BCUT2D eigenvalue weighted by atomic mass is 10.2. The predicted molar refractivity (Wildman–Crippen MR) is 98.6 cm³/mol. The highest BCUT2D eigenvalue weighted by Crippen LogP contribution is 2.37. The number of ether oxygens (including phenoxy) is 1.